The normalized spacial score (nSPS) is 10.2. The molecule has 0 atom stereocenters. The number of hydrogen-bond donors (Lipinski definition) is 1. The van der Waals surface area contributed by atoms with E-state index >= 15 is 0 Å². The second-order valence-corrected chi connectivity index (χ2v) is 6.08. The van der Waals surface area contributed by atoms with Crippen LogP contribution >= 0.6 is 31.9 Å². The zero-order chi connectivity index (χ0) is 14.5. The highest BCUT2D eigenvalue weighted by Crippen LogP contribution is 2.20. The SMILES string of the molecule is Cc1cc(Br)ccc1NC(=O)COc1cccc(Br)c1. The number of anilines is 1. The van der Waals surface area contributed by atoms with E-state index < -0.39 is 0 Å². The van der Waals surface area contributed by atoms with Crippen molar-refractivity contribution in [2.45, 2.75) is 6.92 Å². The quantitative estimate of drug-likeness (QED) is 0.821. The number of halogens is 2. The van der Waals surface area contributed by atoms with Crippen molar-refractivity contribution in [3.63, 3.8) is 0 Å². The molecule has 5 heteroatoms. The third kappa shape index (κ3) is 4.35. The van der Waals surface area contributed by atoms with E-state index in [2.05, 4.69) is 37.2 Å². The zero-order valence-corrected chi connectivity index (χ0v) is 14.0. The Morgan fingerprint density at radius 3 is 2.60 bits per heavy atom. The molecule has 2 aromatic rings. The second kappa shape index (κ2) is 6.90. The van der Waals surface area contributed by atoms with Gasteiger partial charge in [-0.1, -0.05) is 37.9 Å². The lowest BCUT2D eigenvalue weighted by Crippen LogP contribution is -2.20. The fourth-order valence-electron chi connectivity index (χ4n) is 1.66. The Balaban J connectivity index is 1.92. The van der Waals surface area contributed by atoms with Gasteiger partial charge >= 0.3 is 0 Å². The van der Waals surface area contributed by atoms with Gasteiger partial charge < -0.3 is 10.1 Å². The molecule has 0 saturated heterocycles. The molecular formula is C15H13Br2NO2. The van der Waals surface area contributed by atoms with Crippen LogP contribution in [0.15, 0.2) is 51.4 Å². The molecule has 104 valence electrons. The molecule has 0 aliphatic rings. The highest BCUT2D eigenvalue weighted by molar-refractivity contribution is 9.10. The molecular weight excluding hydrogens is 386 g/mol. The molecule has 0 aliphatic heterocycles. The maximum absolute atomic E-state index is 11.8. The van der Waals surface area contributed by atoms with Gasteiger partial charge in [0.1, 0.15) is 5.75 Å². The largest absolute Gasteiger partial charge is 0.484 e. The molecule has 0 heterocycles. The van der Waals surface area contributed by atoms with Crippen LogP contribution in [-0.4, -0.2) is 12.5 Å². The first kappa shape index (κ1) is 15.1. The molecule has 2 aromatic carbocycles. The maximum atomic E-state index is 11.8. The Morgan fingerprint density at radius 1 is 1.15 bits per heavy atom. The minimum Gasteiger partial charge on any atom is -0.484 e. The molecule has 0 spiro atoms. The van der Waals surface area contributed by atoms with Crippen molar-refractivity contribution >= 4 is 43.5 Å². The number of rotatable bonds is 4. The van der Waals surface area contributed by atoms with Gasteiger partial charge in [-0.25, -0.2) is 0 Å². The fraction of sp³-hybridized carbons (Fsp3) is 0.133. The predicted octanol–water partition coefficient (Wildman–Crippen LogP) is 4.54. The summed E-state index contributed by atoms with van der Waals surface area (Å²) < 4.78 is 7.33. The second-order valence-electron chi connectivity index (χ2n) is 4.25. The van der Waals surface area contributed by atoms with Crippen LogP contribution in [0.4, 0.5) is 5.69 Å². The average Bonchev–Trinajstić information content (AvgIpc) is 2.40. The average molecular weight is 399 g/mol. The lowest BCUT2D eigenvalue weighted by molar-refractivity contribution is -0.118. The molecule has 0 unspecified atom stereocenters. The molecule has 3 nitrogen and oxygen atoms in total. The van der Waals surface area contributed by atoms with E-state index in [0.29, 0.717) is 5.75 Å². The van der Waals surface area contributed by atoms with Crippen molar-refractivity contribution < 1.29 is 9.53 Å². The van der Waals surface area contributed by atoms with E-state index in [0.717, 1.165) is 20.2 Å². The summed E-state index contributed by atoms with van der Waals surface area (Å²) in [5, 5.41) is 2.83. The van der Waals surface area contributed by atoms with Crippen molar-refractivity contribution in [3.8, 4) is 5.75 Å². The van der Waals surface area contributed by atoms with E-state index in [1.807, 2.05) is 49.4 Å². The summed E-state index contributed by atoms with van der Waals surface area (Å²) in [5.74, 6) is 0.470. The van der Waals surface area contributed by atoms with E-state index in [1.54, 1.807) is 0 Å². The van der Waals surface area contributed by atoms with Crippen molar-refractivity contribution in [2.24, 2.45) is 0 Å². The topological polar surface area (TPSA) is 38.3 Å². The summed E-state index contributed by atoms with van der Waals surface area (Å²) in [4.78, 5) is 11.8. The van der Waals surface area contributed by atoms with Gasteiger partial charge in [0.2, 0.25) is 0 Å². The minimum absolute atomic E-state index is 0.0219. The number of carbonyl (C=O) groups is 1. The van der Waals surface area contributed by atoms with Gasteiger partial charge in [-0.2, -0.15) is 0 Å². The first-order chi connectivity index (χ1) is 9.54. The zero-order valence-electron chi connectivity index (χ0n) is 10.8. The summed E-state index contributed by atoms with van der Waals surface area (Å²) in [6.07, 6.45) is 0. The third-order valence-corrected chi connectivity index (χ3v) is 3.62. The van der Waals surface area contributed by atoms with E-state index in [9.17, 15) is 4.79 Å². The lowest BCUT2D eigenvalue weighted by atomic mass is 10.2. The third-order valence-electron chi connectivity index (χ3n) is 2.63. The lowest BCUT2D eigenvalue weighted by Gasteiger charge is -2.10. The van der Waals surface area contributed by atoms with Gasteiger partial charge in [0, 0.05) is 14.6 Å². The van der Waals surface area contributed by atoms with Crippen molar-refractivity contribution in [2.75, 3.05) is 11.9 Å². The molecule has 0 bridgehead atoms. The van der Waals surface area contributed by atoms with Crippen LogP contribution in [-0.2, 0) is 4.79 Å². The Bertz CT molecular complexity index is 629. The molecule has 1 amide bonds. The highest BCUT2D eigenvalue weighted by Gasteiger charge is 2.06. The number of amides is 1. The molecule has 20 heavy (non-hydrogen) atoms. The minimum atomic E-state index is -0.185. The number of aryl methyl sites for hydroxylation is 1. The van der Waals surface area contributed by atoms with Crippen LogP contribution in [0.2, 0.25) is 0 Å². The number of carbonyl (C=O) groups excluding carboxylic acids is 1. The Kier molecular flexibility index (Phi) is 5.20. The Morgan fingerprint density at radius 2 is 1.90 bits per heavy atom. The summed E-state index contributed by atoms with van der Waals surface area (Å²) in [5.41, 5.74) is 1.78. The molecule has 1 N–H and O–H groups in total. The van der Waals surface area contributed by atoms with Crippen LogP contribution < -0.4 is 10.1 Å². The van der Waals surface area contributed by atoms with Crippen LogP contribution in [0.5, 0.6) is 5.75 Å². The summed E-state index contributed by atoms with van der Waals surface area (Å²) in [6, 6.07) is 13.1. The molecule has 0 aliphatic carbocycles. The monoisotopic (exact) mass is 397 g/mol. The van der Waals surface area contributed by atoms with Crippen LogP contribution in [0.1, 0.15) is 5.56 Å². The van der Waals surface area contributed by atoms with Gasteiger partial charge in [-0.05, 0) is 48.9 Å². The molecule has 0 radical (unpaired) electrons. The van der Waals surface area contributed by atoms with Gasteiger partial charge in [-0.15, -0.1) is 0 Å². The number of nitrogens with one attached hydrogen (secondary N) is 1. The highest BCUT2D eigenvalue weighted by atomic mass is 79.9. The number of ether oxygens (including phenoxy) is 1. The van der Waals surface area contributed by atoms with Gasteiger partial charge in [0.15, 0.2) is 6.61 Å². The van der Waals surface area contributed by atoms with Gasteiger partial charge in [0.25, 0.3) is 5.91 Å². The maximum Gasteiger partial charge on any atom is 0.262 e. The van der Waals surface area contributed by atoms with E-state index in [4.69, 9.17) is 4.74 Å². The Hall–Kier alpha value is -1.33. The van der Waals surface area contributed by atoms with Crippen molar-refractivity contribution in [1.29, 1.82) is 0 Å². The number of hydrogen-bond acceptors (Lipinski definition) is 2. The Labute approximate surface area is 134 Å². The van der Waals surface area contributed by atoms with Crippen molar-refractivity contribution in [1.82, 2.24) is 0 Å². The first-order valence-corrected chi connectivity index (χ1v) is 7.57. The fourth-order valence-corrected chi connectivity index (χ4v) is 2.51. The smallest absolute Gasteiger partial charge is 0.262 e. The summed E-state index contributed by atoms with van der Waals surface area (Å²) >= 11 is 6.74. The summed E-state index contributed by atoms with van der Waals surface area (Å²) in [6.45, 7) is 1.92. The van der Waals surface area contributed by atoms with Crippen LogP contribution in [0, 0.1) is 6.92 Å². The molecule has 0 saturated carbocycles. The first-order valence-electron chi connectivity index (χ1n) is 5.99. The molecule has 2 rings (SSSR count). The van der Waals surface area contributed by atoms with Crippen LogP contribution in [0.25, 0.3) is 0 Å². The molecule has 0 aromatic heterocycles. The van der Waals surface area contributed by atoms with E-state index in [1.165, 1.54) is 0 Å². The van der Waals surface area contributed by atoms with E-state index in [-0.39, 0.29) is 12.5 Å². The standard InChI is InChI=1S/C15H13Br2NO2/c1-10-7-12(17)5-6-14(10)18-15(19)9-20-13-4-2-3-11(16)8-13/h2-8H,9H2,1H3,(H,18,19). The van der Waals surface area contributed by atoms with Gasteiger partial charge in [0.05, 0.1) is 0 Å². The van der Waals surface area contributed by atoms with Crippen molar-refractivity contribution in [3.05, 3.63) is 57.0 Å². The predicted molar refractivity (Wildman–Crippen MR) is 87.1 cm³/mol. The molecule has 0 fully saturated rings. The van der Waals surface area contributed by atoms with Gasteiger partial charge in [-0.3, -0.25) is 4.79 Å². The summed E-state index contributed by atoms with van der Waals surface area (Å²) in [7, 11) is 0. The number of benzene rings is 2. The van der Waals surface area contributed by atoms with Crippen LogP contribution in [0.3, 0.4) is 0 Å².